The van der Waals surface area contributed by atoms with Gasteiger partial charge < -0.3 is 29.1 Å². The van der Waals surface area contributed by atoms with Crippen LogP contribution < -0.4 is 10.5 Å². The van der Waals surface area contributed by atoms with Crippen LogP contribution in [0, 0.1) is 0 Å². The number of nitrogens with zero attached hydrogens (tertiary/aromatic N) is 3. The van der Waals surface area contributed by atoms with E-state index in [-0.39, 0.29) is 18.7 Å². The van der Waals surface area contributed by atoms with Gasteiger partial charge in [0.2, 0.25) is 5.95 Å². The summed E-state index contributed by atoms with van der Waals surface area (Å²) < 4.78 is 22.0. The first-order valence-corrected chi connectivity index (χ1v) is 17.1. The summed E-state index contributed by atoms with van der Waals surface area (Å²) in [7, 11) is -4.24. The van der Waals surface area contributed by atoms with E-state index in [0.29, 0.717) is 36.9 Å². The highest BCUT2D eigenvalue weighted by Crippen LogP contribution is 2.33. The molecule has 0 radical (unpaired) electrons. The smallest absolute Gasteiger partial charge is 0.350 e. The summed E-state index contributed by atoms with van der Waals surface area (Å²) >= 11 is 0. The number of aromatic amines is 2. The Kier molecular flexibility index (Phi) is 18.1. The van der Waals surface area contributed by atoms with E-state index < -0.39 is 13.9 Å². The van der Waals surface area contributed by atoms with Gasteiger partial charge in [0.15, 0.2) is 11.2 Å². The van der Waals surface area contributed by atoms with Crippen LogP contribution in [0.3, 0.4) is 0 Å². The Hall–Kier alpha value is -1.78. The highest BCUT2D eigenvalue weighted by Gasteiger charge is 2.16. The molecule has 230 valence electrons. The van der Waals surface area contributed by atoms with Crippen molar-refractivity contribution in [1.29, 1.82) is 0 Å². The lowest BCUT2D eigenvalue weighted by atomic mass is 10.0. The average Bonchev–Trinajstić information content (AvgIpc) is 3.40. The first-order chi connectivity index (χ1) is 19.4. The molecular formula is C28H52N5O6P. The van der Waals surface area contributed by atoms with Gasteiger partial charge >= 0.3 is 7.60 Å². The SMILES string of the molecule is CCCCCCCCCCCCCCCCCCOCCN(CCOCP(=O)(O)O)c1nc2nc[nH]c2c(=O)[nH]1. The van der Waals surface area contributed by atoms with E-state index in [4.69, 9.17) is 19.3 Å². The zero-order valence-electron chi connectivity index (χ0n) is 24.4. The van der Waals surface area contributed by atoms with Crippen molar-refractivity contribution >= 4 is 24.7 Å². The maximum absolute atomic E-state index is 12.3. The fourth-order valence-electron chi connectivity index (χ4n) is 4.69. The third kappa shape index (κ3) is 15.9. The Morgan fingerprint density at radius 2 is 1.32 bits per heavy atom. The van der Waals surface area contributed by atoms with Crippen molar-refractivity contribution in [2.75, 3.05) is 44.2 Å². The predicted molar refractivity (Wildman–Crippen MR) is 160 cm³/mol. The molecule has 4 N–H and O–H groups in total. The maximum Gasteiger partial charge on any atom is 0.350 e. The first kappa shape index (κ1) is 34.4. The third-order valence-corrected chi connectivity index (χ3v) is 7.51. The molecule has 0 bridgehead atoms. The molecule has 0 saturated heterocycles. The first-order valence-electron chi connectivity index (χ1n) is 15.3. The number of nitrogens with one attached hydrogen (secondary N) is 2. The second kappa shape index (κ2) is 21.0. The van der Waals surface area contributed by atoms with Crippen LogP contribution in [0.25, 0.3) is 11.2 Å². The zero-order chi connectivity index (χ0) is 28.9. The highest BCUT2D eigenvalue weighted by atomic mass is 31.2. The molecule has 0 spiro atoms. The summed E-state index contributed by atoms with van der Waals surface area (Å²) in [6.07, 6.45) is 22.0. The number of anilines is 1. The second-order valence-electron chi connectivity index (χ2n) is 10.6. The second-order valence-corrected chi connectivity index (χ2v) is 12.2. The Labute approximate surface area is 239 Å². The number of imidazole rings is 1. The predicted octanol–water partition coefficient (Wildman–Crippen LogP) is 5.88. The van der Waals surface area contributed by atoms with Crippen LogP contribution in [-0.4, -0.2) is 69.0 Å². The molecule has 12 heteroatoms. The molecule has 0 aromatic carbocycles. The molecule has 0 saturated carbocycles. The van der Waals surface area contributed by atoms with Crippen LogP contribution in [-0.2, 0) is 14.0 Å². The fourth-order valence-corrected chi connectivity index (χ4v) is 5.06. The van der Waals surface area contributed by atoms with Crippen LogP contribution in [0.5, 0.6) is 0 Å². The molecule has 2 aromatic rings. The number of aromatic nitrogens is 4. The van der Waals surface area contributed by atoms with Crippen LogP contribution in [0.15, 0.2) is 11.1 Å². The van der Waals surface area contributed by atoms with Gasteiger partial charge in [0.25, 0.3) is 5.56 Å². The molecule has 0 amide bonds. The molecule has 0 atom stereocenters. The summed E-state index contributed by atoms with van der Waals surface area (Å²) in [6.45, 7) is 4.15. The Bertz CT molecular complexity index is 1010. The van der Waals surface area contributed by atoms with Crippen molar-refractivity contribution in [2.45, 2.75) is 110 Å². The molecule has 0 unspecified atom stereocenters. The maximum atomic E-state index is 12.3. The van der Waals surface area contributed by atoms with Crippen LogP contribution >= 0.6 is 7.60 Å². The lowest BCUT2D eigenvalue weighted by Crippen LogP contribution is -2.34. The summed E-state index contributed by atoms with van der Waals surface area (Å²) in [5, 5.41) is 0. The molecular weight excluding hydrogens is 533 g/mol. The topological polar surface area (TPSA) is 154 Å². The Morgan fingerprint density at radius 1 is 0.800 bits per heavy atom. The third-order valence-electron chi connectivity index (χ3n) is 7.00. The highest BCUT2D eigenvalue weighted by molar-refractivity contribution is 7.51. The minimum atomic E-state index is -4.24. The molecule has 2 aromatic heterocycles. The van der Waals surface area contributed by atoms with Crippen molar-refractivity contribution in [3.8, 4) is 0 Å². The van der Waals surface area contributed by atoms with Crippen molar-refractivity contribution in [2.24, 2.45) is 0 Å². The summed E-state index contributed by atoms with van der Waals surface area (Å²) in [5.74, 6) is 0.315. The van der Waals surface area contributed by atoms with Crippen molar-refractivity contribution in [3.63, 3.8) is 0 Å². The lowest BCUT2D eigenvalue weighted by Gasteiger charge is -2.23. The quantitative estimate of drug-likeness (QED) is 0.0782. The average molecular weight is 586 g/mol. The minimum Gasteiger partial charge on any atom is -0.380 e. The van der Waals surface area contributed by atoms with Gasteiger partial charge in [-0.1, -0.05) is 103 Å². The number of H-pyrrole nitrogens is 2. The molecule has 0 aliphatic heterocycles. The number of unbranched alkanes of at least 4 members (excludes halogenated alkanes) is 15. The van der Waals surface area contributed by atoms with E-state index >= 15 is 0 Å². The monoisotopic (exact) mass is 585 g/mol. The number of rotatable bonds is 26. The number of fused-ring (bicyclic) bond motifs is 1. The standard InChI is InChI=1S/C28H52N5O6P/c1-2-3-4-5-6-7-8-9-10-11-12-13-14-15-16-17-20-38-21-18-33(19-22-39-24-40(35,36)37)28-31-26-25(27(34)32-28)29-23-30-26/h23H,2-22,24H2,1H3,(H2,35,36,37)(H2,29,30,31,32,34). The Balaban J connectivity index is 1.52. The molecule has 11 nitrogen and oxygen atoms in total. The van der Waals surface area contributed by atoms with E-state index in [1.54, 1.807) is 4.90 Å². The van der Waals surface area contributed by atoms with E-state index in [1.807, 2.05) is 0 Å². The summed E-state index contributed by atoms with van der Waals surface area (Å²) in [4.78, 5) is 46.0. The van der Waals surface area contributed by atoms with Gasteiger partial charge in [0.1, 0.15) is 6.35 Å². The Morgan fingerprint density at radius 3 is 1.88 bits per heavy atom. The molecule has 0 fully saturated rings. The van der Waals surface area contributed by atoms with Crippen molar-refractivity contribution < 1.29 is 23.8 Å². The fraction of sp³-hybridized carbons (Fsp3) is 0.821. The normalized spacial score (nSPS) is 12.0. The van der Waals surface area contributed by atoms with E-state index in [1.165, 1.54) is 96.2 Å². The van der Waals surface area contributed by atoms with E-state index in [9.17, 15) is 9.36 Å². The summed E-state index contributed by atoms with van der Waals surface area (Å²) in [5.41, 5.74) is 0.253. The van der Waals surface area contributed by atoms with Crippen LogP contribution in [0.1, 0.15) is 110 Å². The van der Waals surface area contributed by atoms with Crippen LogP contribution in [0.2, 0.25) is 0 Å². The molecule has 2 heterocycles. The van der Waals surface area contributed by atoms with Gasteiger partial charge in [-0.2, -0.15) is 4.98 Å². The molecule has 0 aliphatic rings. The molecule has 0 aliphatic carbocycles. The van der Waals surface area contributed by atoms with Crippen LogP contribution in [0.4, 0.5) is 5.95 Å². The minimum absolute atomic E-state index is 0.0621. The summed E-state index contributed by atoms with van der Waals surface area (Å²) in [6, 6.07) is 0. The van der Waals surface area contributed by atoms with Gasteiger partial charge in [-0.15, -0.1) is 0 Å². The van der Waals surface area contributed by atoms with Gasteiger partial charge in [-0.05, 0) is 6.42 Å². The zero-order valence-corrected chi connectivity index (χ0v) is 25.3. The van der Waals surface area contributed by atoms with Gasteiger partial charge in [-0.3, -0.25) is 14.3 Å². The van der Waals surface area contributed by atoms with Gasteiger partial charge in [0, 0.05) is 19.7 Å². The molecule has 40 heavy (non-hydrogen) atoms. The van der Waals surface area contributed by atoms with E-state index in [2.05, 4.69) is 26.9 Å². The van der Waals surface area contributed by atoms with Gasteiger partial charge in [-0.25, -0.2) is 4.98 Å². The van der Waals surface area contributed by atoms with Crippen molar-refractivity contribution in [3.05, 3.63) is 16.7 Å². The lowest BCUT2D eigenvalue weighted by molar-refractivity contribution is 0.131. The van der Waals surface area contributed by atoms with Crippen molar-refractivity contribution in [1.82, 2.24) is 19.9 Å². The number of hydrogen-bond donors (Lipinski definition) is 4. The number of ether oxygens (including phenoxy) is 2. The molecule has 2 rings (SSSR count). The van der Waals surface area contributed by atoms with E-state index in [0.717, 1.165) is 12.8 Å². The number of hydrogen-bond acceptors (Lipinski definition) is 7. The van der Waals surface area contributed by atoms with Gasteiger partial charge in [0.05, 0.1) is 19.5 Å². The largest absolute Gasteiger partial charge is 0.380 e.